The molecule has 5 nitrogen and oxygen atoms in total. The molecule has 1 unspecified atom stereocenters. The van der Waals surface area contributed by atoms with Gasteiger partial charge in [-0.2, -0.15) is 0 Å². The van der Waals surface area contributed by atoms with E-state index in [2.05, 4.69) is 10.6 Å². The third-order valence-corrected chi connectivity index (χ3v) is 3.56. The molecule has 0 spiro atoms. The van der Waals surface area contributed by atoms with Crippen molar-refractivity contribution in [2.24, 2.45) is 0 Å². The number of carbonyl (C=O) groups excluding carboxylic acids is 1. The summed E-state index contributed by atoms with van der Waals surface area (Å²) in [4.78, 5) is 12.1. The van der Waals surface area contributed by atoms with Gasteiger partial charge in [0.2, 0.25) is 0 Å². The highest BCUT2D eigenvalue weighted by Gasteiger charge is 2.15. The van der Waals surface area contributed by atoms with Gasteiger partial charge in [0.15, 0.2) is 0 Å². The van der Waals surface area contributed by atoms with Crippen LogP contribution in [0.1, 0.15) is 12.5 Å². The molecule has 0 fully saturated rings. The molecule has 0 heterocycles. The summed E-state index contributed by atoms with van der Waals surface area (Å²) < 4.78 is 37.6. The van der Waals surface area contributed by atoms with Crippen molar-refractivity contribution in [1.82, 2.24) is 5.32 Å². The smallest absolute Gasteiger partial charge is 0.319 e. The van der Waals surface area contributed by atoms with Crippen molar-refractivity contribution in [3.63, 3.8) is 0 Å². The monoisotopic (exact) mass is 350 g/mol. The summed E-state index contributed by atoms with van der Waals surface area (Å²) >= 11 is 0. The fraction of sp³-hybridized carbons (Fsp3) is 0.278. The van der Waals surface area contributed by atoms with Gasteiger partial charge in [0.1, 0.15) is 23.1 Å². The molecule has 2 rings (SSSR count). The van der Waals surface area contributed by atoms with Gasteiger partial charge in [0.25, 0.3) is 0 Å². The molecule has 2 aromatic carbocycles. The van der Waals surface area contributed by atoms with Gasteiger partial charge in [-0.3, -0.25) is 0 Å². The van der Waals surface area contributed by atoms with Gasteiger partial charge in [0, 0.05) is 35.5 Å². The van der Waals surface area contributed by atoms with E-state index < -0.39 is 23.7 Å². The Labute approximate surface area is 144 Å². The molecule has 0 aliphatic heterocycles. The first kappa shape index (κ1) is 18.5. The van der Waals surface area contributed by atoms with Crippen LogP contribution in [-0.2, 0) is 6.42 Å². The van der Waals surface area contributed by atoms with E-state index in [0.29, 0.717) is 17.2 Å². The molecule has 1 atom stereocenters. The van der Waals surface area contributed by atoms with Crippen LogP contribution in [0, 0.1) is 11.6 Å². The summed E-state index contributed by atoms with van der Waals surface area (Å²) in [6.45, 7) is 1.66. The molecule has 0 aromatic heterocycles. The first-order valence-electron chi connectivity index (χ1n) is 7.66. The topological polar surface area (TPSA) is 59.6 Å². The number of anilines is 1. The summed E-state index contributed by atoms with van der Waals surface area (Å²) in [6, 6.07) is 7.63. The number of methoxy groups -OCH3 is 2. The molecule has 0 aliphatic rings. The highest BCUT2D eigenvalue weighted by atomic mass is 19.1. The second kappa shape index (κ2) is 8.32. The number of benzene rings is 2. The van der Waals surface area contributed by atoms with Gasteiger partial charge >= 0.3 is 6.03 Å². The summed E-state index contributed by atoms with van der Waals surface area (Å²) in [5.74, 6) is -0.217. The van der Waals surface area contributed by atoms with Gasteiger partial charge in [-0.05, 0) is 25.5 Å². The standard InChI is InChI=1S/C18H20F2N2O3/c1-11(7-15-16(19)5-4-6-17(15)20)21-18(23)22-12-8-13(24-2)10-14(9-12)25-3/h4-6,8-11H,7H2,1-3H3,(H2,21,22,23). The Morgan fingerprint density at radius 3 is 2.16 bits per heavy atom. The summed E-state index contributed by atoms with van der Waals surface area (Å²) in [6.07, 6.45) is 0.0351. The van der Waals surface area contributed by atoms with Crippen molar-refractivity contribution >= 4 is 11.7 Å². The third-order valence-electron chi connectivity index (χ3n) is 3.56. The Balaban J connectivity index is 2.00. The van der Waals surface area contributed by atoms with E-state index in [0.717, 1.165) is 0 Å². The fourth-order valence-electron chi connectivity index (χ4n) is 2.36. The van der Waals surface area contributed by atoms with Crippen LogP contribution < -0.4 is 20.1 Å². The number of urea groups is 1. The van der Waals surface area contributed by atoms with Crippen molar-refractivity contribution in [2.75, 3.05) is 19.5 Å². The fourth-order valence-corrected chi connectivity index (χ4v) is 2.36. The number of halogens is 2. The predicted molar refractivity (Wildman–Crippen MR) is 91.2 cm³/mol. The molecule has 2 N–H and O–H groups in total. The van der Waals surface area contributed by atoms with Crippen molar-refractivity contribution in [3.8, 4) is 11.5 Å². The number of amides is 2. The van der Waals surface area contributed by atoms with E-state index in [9.17, 15) is 13.6 Å². The highest BCUT2D eigenvalue weighted by molar-refractivity contribution is 5.90. The maximum absolute atomic E-state index is 13.7. The SMILES string of the molecule is COc1cc(NC(=O)NC(C)Cc2c(F)cccc2F)cc(OC)c1. The minimum atomic E-state index is -0.633. The molecule has 7 heteroatoms. The van der Waals surface area contributed by atoms with Crippen LogP contribution in [0.25, 0.3) is 0 Å². The van der Waals surface area contributed by atoms with Crippen molar-refractivity contribution in [3.05, 3.63) is 53.6 Å². The first-order chi connectivity index (χ1) is 11.9. The lowest BCUT2D eigenvalue weighted by Gasteiger charge is -2.16. The number of nitrogens with one attached hydrogen (secondary N) is 2. The van der Waals surface area contributed by atoms with Gasteiger partial charge in [-0.25, -0.2) is 13.6 Å². The third kappa shape index (κ3) is 5.07. The molecule has 2 aromatic rings. The molecule has 25 heavy (non-hydrogen) atoms. The van der Waals surface area contributed by atoms with Crippen molar-refractivity contribution < 1.29 is 23.0 Å². The van der Waals surface area contributed by atoms with Crippen LogP contribution in [0.3, 0.4) is 0 Å². The second-order valence-electron chi connectivity index (χ2n) is 5.51. The van der Waals surface area contributed by atoms with Gasteiger partial charge < -0.3 is 20.1 Å². The molecule has 0 bridgehead atoms. The van der Waals surface area contributed by atoms with E-state index in [1.54, 1.807) is 25.1 Å². The maximum atomic E-state index is 13.7. The molecule has 0 saturated heterocycles. The molecule has 0 aliphatic carbocycles. The number of ether oxygens (including phenoxy) is 2. The van der Waals surface area contributed by atoms with E-state index in [-0.39, 0.29) is 12.0 Å². The van der Waals surface area contributed by atoms with Gasteiger partial charge in [0.05, 0.1) is 14.2 Å². The number of carbonyl (C=O) groups is 1. The van der Waals surface area contributed by atoms with Crippen molar-refractivity contribution in [1.29, 1.82) is 0 Å². The minimum absolute atomic E-state index is 0.0351. The summed E-state index contributed by atoms with van der Waals surface area (Å²) in [5.41, 5.74) is 0.413. The second-order valence-corrected chi connectivity index (χ2v) is 5.51. The van der Waals surface area contributed by atoms with E-state index >= 15 is 0 Å². The molecule has 0 saturated carbocycles. The van der Waals surface area contributed by atoms with Crippen molar-refractivity contribution in [2.45, 2.75) is 19.4 Å². The molecule has 134 valence electrons. The average Bonchev–Trinajstić information content (AvgIpc) is 2.57. The Hall–Kier alpha value is -2.83. The first-order valence-corrected chi connectivity index (χ1v) is 7.66. The highest BCUT2D eigenvalue weighted by Crippen LogP contribution is 2.25. The normalized spacial score (nSPS) is 11.6. The molecular weight excluding hydrogens is 330 g/mol. The van der Waals surface area contributed by atoms with Crippen LogP contribution >= 0.6 is 0 Å². The minimum Gasteiger partial charge on any atom is -0.497 e. The Kier molecular flexibility index (Phi) is 6.16. The quantitative estimate of drug-likeness (QED) is 0.834. The summed E-state index contributed by atoms with van der Waals surface area (Å²) in [7, 11) is 3.01. The average molecular weight is 350 g/mol. The maximum Gasteiger partial charge on any atom is 0.319 e. The Morgan fingerprint density at radius 2 is 1.64 bits per heavy atom. The van der Waals surface area contributed by atoms with Crippen LogP contribution in [-0.4, -0.2) is 26.3 Å². The molecular formula is C18H20F2N2O3. The number of hydrogen-bond donors (Lipinski definition) is 2. The lowest BCUT2D eigenvalue weighted by Crippen LogP contribution is -2.37. The lowest BCUT2D eigenvalue weighted by atomic mass is 10.1. The van der Waals surface area contributed by atoms with Crippen LogP contribution in [0.5, 0.6) is 11.5 Å². The van der Waals surface area contributed by atoms with E-state index in [1.807, 2.05) is 0 Å². The number of rotatable bonds is 6. The molecule has 0 radical (unpaired) electrons. The predicted octanol–water partition coefficient (Wildman–Crippen LogP) is 3.73. The van der Waals surface area contributed by atoms with Crippen LogP contribution in [0.4, 0.5) is 19.3 Å². The van der Waals surface area contributed by atoms with Gasteiger partial charge in [-0.1, -0.05) is 6.07 Å². The zero-order valence-electron chi connectivity index (χ0n) is 14.2. The van der Waals surface area contributed by atoms with Crippen LogP contribution in [0.2, 0.25) is 0 Å². The zero-order valence-corrected chi connectivity index (χ0v) is 14.2. The Bertz CT molecular complexity index is 711. The van der Waals surface area contributed by atoms with E-state index in [4.69, 9.17) is 9.47 Å². The summed E-state index contributed by atoms with van der Waals surface area (Å²) in [5, 5.41) is 5.28. The van der Waals surface area contributed by atoms with E-state index in [1.165, 1.54) is 32.4 Å². The molecule has 2 amide bonds. The zero-order chi connectivity index (χ0) is 18.4. The van der Waals surface area contributed by atoms with Gasteiger partial charge in [-0.15, -0.1) is 0 Å². The largest absolute Gasteiger partial charge is 0.497 e. The lowest BCUT2D eigenvalue weighted by molar-refractivity contribution is 0.249. The van der Waals surface area contributed by atoms with Crippen LogP contribution in [0.15, 0.2) is 36.4 Å². The number of hydrogen-bond acceptors (Lipinski definition) is 3. The Morgan fingerprint density at radius 1 is 1.08 bits per heavy atom.